The third-order valence-corrected chi connectivity index (χ3v) is 2.89. The predicted octanol–water partition coefficient (Wildman–Crippen LogP) is 3.16. The van der Waals surface area contributed by atoms with Gasteiger partial charge in [-0.05, 0) is 34.1 Å². The Bertz CT molecular complexity index is 466. The molecule has 0 spiro atoms. The maximum absolute atomic E-state index is 11.8. The Morgan fingerprint density at radius 3 is 2.60 bits per heavy atom. The Morgan fingerprint density at radius 2 is 2.00 bits per heavy atom. The van der Waals surface area contributed by atoms with Crippen LogP contribution in [0.15, 0.2) is 22.7 Å². The highest BCUT2D eigenvalue weighted by atomic mass is 79.9. The fourth-order valence-electron chi connectivity index (χ4n) is 1.27. The summed E-state index contributed by atoms with van der Waals surface area (Å²) in [6.45, 7) is -1.45. The standard InChI is InChI=1S/C12H13BrF3NO3/c13-9-3-2-8(6-10(9)17)11(18)20-5-1-4-19-7-12(14,15)16/h2-3,6H,1,4-5,7,17H2. The first-order chi connectivity index (χ1) is 9.29. The van der Waals surface area contributed by atoms with E-state index >= 15 is 0 Å². The van der Waals surface area contributed by atoms with Crippen LogP contribution in [0, 0.1) is 0 Å². The molecular weight excluding hydrogens is 343 g/mol. The zero-order valence-corrected chi connectivity index (χ0v) is 12.0. The van der Waals surface area contributed by atoms with Crippen LogP contribution >= 0.6 is 15.9 Å². The molecule has 0 aromatic heterocycles. The first-order valence-electron chi connectivity index (χ1n) is 5.66. The summed E-state index contributed by atoms with van der Waals surface area (Å²) in [5.41, 5.74) is 6.29. The molecule has 0 aliphatic heterocycles. The van der Waals surface area contributed by atoms with E-state index in [4.69, 9.17) is 10.5 Å². The number of hydrogen-bond donors (Lipinski definition) is 1. The van der Waals surface area contributed by atoms with E-state index in [1.54, 1.807) is 6.07 Å². The van der Waals surface area contributed by atoms with Gasteiger partial charge in [-0.2, -0.15) is 13.2 Å². The average Bonchev–Trinajstić information content (AvgIpc) is 2.35. The number of hydrogen-bond acceptors (Lipinski definition) is 4. The second-order valence-corrected chi connectivity index (χ2v) is 4.75. The molecule has 1 aromatic carbocycles. The van der Waals surface area contributed by atoms with Crippen LogP contribution < -0.4 is 5.73 Å². The summed E-state index contributed by atoms with van der Waals surface area (Å²) in [5.74, 6) is -0.583. The molecule has 0 saturated heterocycles. The van der Waals surface area contributed by atoms with Gasteiger partial charge < -0.3 is 15.2 Å². The van der Waals surface area contributed by atoms with Crippen LogP contribution in [-0.2, 0) is 9.47 Å². The third kappa shape index (κ3) is 6.25. The van der Waals surface area contributed by atoms with Crippen molar-refractivity contribution in [2.75, 3.05) is 25.6 Å². The number of ether oxygens (including phenoxy) is 2. The molecular formula is C12H13BrF3NO3. The van der Waals surface area contributed by atoms with Gasteiger partial charge in [-0.25, -0.2) is 4.79 Å². The van der Waals surface area contributed by atoms with Gasteiger partial charge in [-0.3, -0.25) is 0 Å². The normalized spacial score (nSPS) is 11.4. The Kier molecular flexibility index (Phi) is 6.28. The second-order valence-electron chi connectivity index (χ2n) is 3.89. The quantitative estimate of drug-likeness (QED) is 0.483. The highest BCUT2D eigenvalue weighted by molar-refractivity contribution is 9.10. The summed E-state index contributed by atoms with van der Waals surface area (Å²) in [7, 11) is 0. The molecule has 8 heteroatoms. The van der Waals surface area contributed by atoms with E-state index in [0.29, 0.717) is 10.2 Å². The zero-order chi connectivity index (χ0) is 15.2. The fraction of sp³-hybridized carbons (Fsp3) is 0.417. The zero-order valence-electron chi connectivity index (χ0n) is 10.4. The number of esters is 1. The van der Waals surface area contributed by atoms with E-state index in [-0.39, 0.29) is 25.2 Å². The summed E-state index contributed by atoms with van der Waals surface area (Å²) in [6.07, 6.45) is -4.15. The van der Waals surface area contributed by atoms with Crippen molar-refractivity contribution in [2.45, 2.75) is 12.6 Å². The lowest BCUT2D eigenvalue weighted by atomic mass is 10.2. The Morgan fingerprint density at radius 1 is 1.30 bits per heavy atom. The van der Waals surface area contributed by atoms with Crippen molar-refractivity contribution in [1.29, 1.82) is 0 Å². The van der Waals surface area contributed by atoms with Crippen LogP contribution in [0.5, 0.6) is 0 Å². The first kappa shape index (κ1) is 16.8. The van der Waals surface area contributed by atoms with Crippen LogP contribution in [0.2, 0.25) is 0 Å². The van der Waals surface area contributed by atoms with Gasteiger partial charge in [-0.15, -0.1) is 0 Å². The molecule has 20 heavy (non-hydrogen) atoms. The number of halogens is 4. The molecule has 1 aromatic rings. The predicted molar refractivity (Wildman–Crippen MR) is 70.3 cm³/mol. The van der Waals surface area contributed by atoms with Crippen LogP contribution in [0.4, 0.5) is 18.9 Å². The average molecular weight is 356 g/mol. The van der Waals surface area contributed by atoms with Crippen LogP contribution in [0.25, 0.3) is 0 Å². The van der Waals surface area contributed by atoms with Gasteiger partial charge in [0.05, 0.1) is 18.8 Å². The van der Waals surface area contributed by atoms with E-state index < -0.39 is 18.8 Å². The van der Waals surface area contributed by atoms with Gasteiger partial charge in [0, 0.05) is 16.6 Å². The molecule has 112 valence electrons. The minimum Gasteiger partial charge on any atom is -0.462 e. The molecule has 0 heterocycles. The van der Waals surface area contributed by atoms with Crippen molar-refractivity contribution in [1.82, 2.24) is 0 Å². The Hall–Kier alpha value is -1.28. The molecule has 0 aliphatic carbocycles. The maximum atomic E-state index is 11.8. The molecule has 0 fully saturated rings. The van der Waals surface area contributed by atoms with Crippen molar-refractivity contribution < 1.29 is 27.4 Å². The van der Waals surface area contributed by atoms with Crippen molar-refractivity contribution in [3.05, 3.63) is 28.2 Å². The van der Waals surface area contributed by atoms with E-state index in [1.165, 1.54) is 12.1 Å². The molecule has 0 aliphatic rings. The van der Waals surface area contributed by atoms with Crippen molar-refractivity contribution in [2.24, 2.45) is 0 Å². The minimum absolute atomic E-state index is 0.0212. The van der Waals surface area contributed by atoms with Crippen LogP contribution in [0.1, 0.15) is 16.8 Å². The van der Waals surface area contributed by atoms with E-state index in [0.717, 1.165) is 0 Å². The first-order valence-corrected chi connectivity index (χ1v) is 6.45. The smallest absolute Gasteiger partial charge is 0.411 e. The number of benzene rings is 1. The number of carbonyl (C=O) groups excluding carboxylic acids is 1. The van der Waals surface area contributed by atoms with Crippen LogP contribution in [0.3, 0.4) is 0 Å². The maximum Gasteiger partial charge on any atom is 0.411 e. The van der Waals surface area contributed by atoms with Gasteiger partial charge in [0.15, 0.2) is 0 Å². The highest BCUT2D eigenvalue weighted by Crippen LogP contribution is 2.20. The van der Waals surface area contributed by atoms with Gasteiger partial charge in [0.25, 0.3) is 0 Å². The highest BCUT2D eigenvalue weighted by Gasteiger charge is 2.27. The van der Waals surface area contributed by atoms with Gasteiger partial charge in [0.1, 0.15) is 6.61 Å². The van der Waals surface area contributed by atoms with Crippen molar-refractivity contribution >= 4 is 27.6 Å². The fourth-order valence-corrected chi connectivity index (χ4v) is 1.51. The van der Waals surface area contributed by atoms with E-state index in [1.807, 2.05) is 0 Å². The van der Waals surface area contributed by atoms with E-state index in [2.05, 4.69) is 20.7 Å². The molecule has 0 amide bonds. The summed E-state index contributed by atoms with van der Waals surface area (Å²) in [4.78, 5) is 11.6. The van der Waals surface area contributed by atoms with E-state index in [9.17, 15) is 18.0 Å². The molecule has 0 saturated carbocycles. The molecule has 1 rings (SSSR count). The van der Waals surface area contributed by atoms with Crippen LogP contribution in [-0.4, -0.2) is 32.0 Å². The number of nitrogen functional groups attached to an aromatic ring is 1. The monoisotopic (exact) mass is 355 g/mol. The topological polar surface area (TPSA) is 61.6 Å². The largest absolute Gasteiger partial charge is 0.462 e. The van der Waals surface area contributed by atoms with Gasteiger partial charge >= 0.3 is 12.1 Å². The number of carbonyl (C=O) groups is 1. The van der Waals surface area contributed by atoms with Gasteiger partial charge in [-0.1, -0.05) is 0 Å². The molecule has 0 bridgehead atoms. The van der Waals surface area contributed by atoms with Gasteiger partial charge in [0.2, 0.25) is 0 Å². The SMILES string of the molecule is Nc1cc(C(=O)OCCCOCC(F)(F)F)ccc1Br. The number of rotatable bonds is 6. The van der Waals surface area contributed by atoms with Crippen molar-refractivity contribution in [3.8, 4) is 0 Å². The summed E-state index contributed by atoms with van der Waals surface area (Å²) < 4.78 is 45.2. The number of anilines is 1. The molecule has 0 radical (unpaired) electrons. The summed E-state index contributed by atoms with van der Waals surface area (Å²) in [5, 5.41) is 0. The molecule has 4 nitrogen and oxygen atoms in total. The number of nitrogens with two attached hydrogens (primary N) is 1. The molecule has 2 N–H and O–H groups in total. The summed E-state index contributed by atoms with van der Waals surface area (Å²) >= 11 is 3.19. The van der Waals surface area contributed by atoms with Crippen molar-refractivity contribution in [3.63, 3.8) is 0 Å². The second kappa shape index (κ2) is 7.49. The molecule has 0 unspecified atom stereocenters. The molecule has 0 atom stereocenters. The minimum atomic E-state index is -4.34. The number of alkyl halides is 3. The summed E-state index contributed by atoms with van der Waals surface area (Å²) in [6, 6.07) is 4.59. The lowest BCUT2D eigenvalue weighted by molar-refractivity contribution is -0.174. The third-order valence-electron chi connectivity index (χ3n) is 2.16. The Balaban J connectivity index is 2.25. The Labute approximate surface area is 122 Å². The lowest BCUT2D eigenvalue weighted by Gasteiger charge is -2.08. The lowest BCUT2D eigenvalue weighted by Crippen LogP contribution is -2.18.